The molecular weight excluding hydrogens is 667 g/mol. The highest BCUT2D eigenvalue weighted by molar-refractivity contribution is 6.12. The number of nitrogens with zero attached hydrogens (tertiary/aromatic N) is 3. The molecule has 0 aliphatic carbocycles. The van der Waals surface area contributed by atoms with Crippen LogP contribution >= 0.6 is 0 Å². The van der Waals surface area contributed by atoms with Gasteiger partial charge in [0.15, 0.2) is 0 Å². The van der Waals surface area contributed by atoms with E-state index in [1.54, 1.807) is 0 Å². The summed E-state index contributed by atoms with van der Waals surface area (Å²) in [5, 5.41) is 7.48. The minimum Gasteiger partial charge on any atom is -0.311 e. The summed E-state index contributed by atoms with van der Waals surface area (Å²) in [5.41, 5.74) is 12.8. The van der Waals surface area contributed by atoms with Crippen molar-refractivity contribution >= 4 is 71.4 Å². The van der Waals surface area contributed by atoms with E-state index in [0.29, 0.717) is 0 Å². The normalized spacial score (nSPS) is 11.6. The van der Waals surface area contributed by atoms with Crippen LogP contribution < -0.4 is 4.90 Å². The maximum Gasteiger partial charge on any atom is 0.0547 e. The van der Waals surface area contributed by atoms with Crippen molar-refractivity contribution in [3.05, 3.63) is 212 Å². The zero-order valence-electron chi connectivity index (χ0n) is 30.0. The van der Waals surface area contributed by atoms with Crippen LogP contribution in [0.5, 0.6) is 0 Å². The smallest absolute Gasteiger partial charge is 0.0547 e. The summed E-state index contributed by atoms with van der Waals surface area (Å²) in [6.45, 7) is 0. The fraction of sp³-hybridized carbons (Fsp3) is 0. The van der Waals surface area contributed by atoms with Gasteiger partial charge in [-0.2, -0.15) is 0 Å². The predicted molar refractivity (Wildman–Crippen MR) is 233 cm³/mol. The van der Waals surface area contributed by atoms with E-state index in [9.17, 15) is 0 Å². The molecule has 0 fully saturated rings. The van der Waals surface area contributed by atoms with Crippen LogP contribution in [0.1, 0.15) is 0 Å². The second-order valence-electron chi connectivity index (χ2n) is 14.2. The van der Waals surface area contributed by atoms with Crippen molar-refractivity contribution in [3.63, 3.8) is 0 Å². The summed E-state index contributed by atoms with van der Waals surface area (Å²) in [6.07, 6.45) is 0. The van der Waals surface area contributed by atoms with Crippen LogP contribution in [0.3, 0.4) is 0 Å². The van der Waals surface area contributed by atoms with Crippen molar-refractivity contribution < 1.29 is 0 Å². The molecular formula is C52H35N3. The van der Waals surface area contributed by atoms with Crippen LogP contribution in [-0.4, -0.2) is 9.13 Å². The number of fused-ring (bicyclic) bond motifs is 7. The Labute approximate surface area is 319 Å². The summed E-state index contributed by atoms with van der Waals surface area (Å²) in [7, 11) is 0. The maximum atomic E-state index is 2.41. The molecule has 0 saturated heterocycles. The van der Waals surface area contributed by atoms with E-state index in [2.05, 4.69) is 226 Å². The molecule has 9 aromatic carbocycles. The lowest BCUT2D eigenvalue weighted by Crippen LogP contribution is -2.09. The van der Waals surface area contributed by atoms with Gasteiger partial charge in [-0.25, -0.2) is 0 Å². The van der Waals surface area contributed by atoms with Crippen LogP contribution in [0.25, 0.3) is 76.9 Å². The number of rotatable bonds is 6. The minimum atomic E-state index is 1.11. The molecule has 55 heavy (non-hydrogen) atoms. The van der Waals surface area contributed by atoms with E-state index in [0.717, 1.165) is 22.7 Å². The highest BCUT2D eigenvalue weighted by Gasteiger charge is 2.17. The summed E-state index contributed by atoms with van der Waals surface area (Å²) in [6, 6.07) is 76.9. The third-order valence-electron chi connectivity index (χ3n) is 11.1. The molecule has 2 heterocycles. The number of para-hydroxylation sites is 4. The number of anilines is 3. The van der Waals surface area contributed by atoms with Crippen molar-refractivity contribution in [2.24, 2.45) is 0 Å². The fourth-order valence-electron chi connectivity index (χ4n) is 8.53. The van der Waals surface area contributed by atoms with Crippen LogP contribution in [-0.2, 0) is 0 Å². The minimum absolute atomic E-state index is 1.11. The molecule has 11 rings (SSSR count). The van der Waals surface area contributed by atoms with Gasteiger partial charge in [0.2, 0.25) is 0 Å². The molecule has 0 aliphatic heterocycles. The first-order chi connectivity index (χ1) is 27.3. The molecule has 3 nitrogen and oxygen atoms in total. The molecule has 11 aromatic rings. The quantitative estimate of drug-likeness (QED) is 0.168. The van der Waals surface area contributed by atoms with Gasteiger partial charge in [0, 0.05) is 50.0 Å². The first-order valence-electron chi connectivity index (χ1n) is 18.9. The molecule has 0 N–H and O–H groups in total. The average Bonchev–Trinajstić information content (AvgIpc) is 3.77. The number of hydrogen-bond donors (Lipinski definition) is 0. The van der Waals surface area contributed by atoms with Gasteiger partial charge in [0.1, 0.15) is 0 Å². The lowest BCUT2D eigenvalue weighted by molar-refractivity contribution is 1.17. The molecule has 0 radical (unpaired) electrons. The summed E-state index contributed by atoms with van der Waals surface area (Å²) < 4.78 is 4.82. The molecule has 0 amide bonds. The Hall–Kier alpha value is -7.36. The van der Waals surface area contributed by atoms with Crippen LogP contribution in [0.4, 0.5) is 17.1 Å². The Kier molecular flexibility index (Phi) is 7.17. The lowest BCUT2D eigenvalue weighted by atomic mass is 10.0. The van der Waals surface area contributed by atoms with Crippen molar-refractivity contribution in [2.75, 3.05) is 4.90 Å². The van der Waals surface area contributed by atoms with Gasteiger partial charge in [-0.1, -0.05) is 121 Å². The Balaban J connectivity index is 1.05. The van der Waals surface area contributed by atoms with Crippen LogP contribution in [0.15, 0.2) is 212 Å². The molecule has 258 valence electrons. The first kappa shape index (κ1) is 31.2. The third kappa shape index (κ3) is 5.13. The highest BCUT2D eigenvalue weighted by atomic mass is 15.1. The van der Waals surface area contributed by atoms with Gasteiger partial charge in [-0.05, 0) is 113 Å². The summed E-state index contributed by atoms with van der Waals surface area (Å²) in [4.78, 5) is 2.31. The van der Waals surface area contributed by atoms with Crippen LogP contribution in [0.2, 0.25) is 0 Å². The van der Waals surface area contributed by atoms with Crippen molar-refractivity contribution in [1.29, 1.82) is 0 Å². The van der Waals surface area contributed by atoms with Gasteiger partial charge < -0.3 is 14.0 Å². The van der Waals surface area contributed by atoms with E-state index < -0.39 is 0 Å². The summed E-state index contributed by atoms with van der Waals surface area (Å²) in [5.74, 6) is 0. The molecule has 0 atom stereocenters. The van der Waals surface area contributed by atoms with Crippen LogP contribution in [0, 0.1) is 0 Å². The highest BCUT2D eigenvalue weighted by Crippen LogP contribution is 2.40. The van der Waals surface area contributed by atoms with E-state index >= 15 is 0 Å². The molecule has 0 unspecified atom stereocenters. The number of benzene rings is 9. The Morgan fingerprint density at radius 2 is 0.764 bits per heavy atom. The Bertz CT molecular complexity index is 3150. The molecule has 3 heteroatoms. The summed E-state index contributed by atoms with van der Waals surface area (Å²) >= 11 is 0. The molecule has 2 aromatic heterocycles. The van der Waals surface area contributed by atoms with Crippen molar-refractivity contribution in [2.45, 2.75) is 0 Å². The van der Waals surface area contributed by atoms with E-state index in [1.165, 1.54) is 71.2 Å². The van der Waals surface area contributed by atoms with E-state index in [4.69, 9.17) is 0 Å². The Morgan fingerprint density at radius 1 is 0.273 bits per heavy atom. The van der Waals surface area contributed by atoms with Gasteiger partial charge in [0.05, 0.1) is 22.1 Å². The second kappa shape index (κ2) is 12.6. The molecule has 0 aliphatic rings. The average molecular weight is 702 g/mol. The third-order valence-corrected chi connectivity index (χ3v) is 11.1. The molecule has 0 spiro atoms. The maximum absolute atomic E-state index is 2.41. The van der Waals surface area contributed by atoms with Gasteiger partial charge in [-0.3, -0.25) is 0 Å². The number of aromatic nitrogens is 2. The zero-order valence-corrected chi connectivity index (χ0v) is 30.0. The monoisotopic (exact) mass is 701 g/mol. The molecule has 0 saturated carbocycles. The predicted octanol–water partition coefficient (Wildman–Crippen LogP) is 14.2. The Morgan fingerprint density at radius 3 is 1.47 bits per heavy atom. The largest absolute Gasteiger partial charge is 0.311 e. The fourth-order valence-corrected chi connectivity index (χ4v) is 8.53. The lowest BCUT2D eigenvalue weighted by Gasteiger charge is -2.25. The first-order valence-corrected chi connectivity index (χ1v) is 18.9. The zero-order chi connectivity index (χ0) is 36.3. The van der Waals surface area contributed by atoms with Crippen molar-refractivity contribution in [3.8, 4) is 22.5 Å². The van der Waals surface area contributed by atoms with Gasteiger partial charge >= 0.3 is 0 Å². The van der Waals surface area contributed by atoms with Gasteiger partial charge in [-0.15, -0.1) is 0 Å². The topological polar surface area (TPSA) is 13.1 Å². The van der Waals surface area contributed by atoms with E-state index in [-0.39, 0.29) is 0 Å². The molecule has 0 bridgehead atoms. The SMILES string of the molecule is c1ccc(N(c2ccccc2)c2ccc(-n3c4ccccc4c4ccc(-c5ccc6c(c5)c5ccccc5n6-c5ccc6ccccc6c5)cc43)cc2)cc1. The second-order valence-corrected chi connectivity index (χ2v) is 14.2. The number of hydrogen-bond acceptors (Lipinski definition) is 1. The van der Waals surface area contributed by atoms with Gasteiger partial charge in [0.25, 0.3) is 0 Å². The van der Waals surface area contributed by atoms with Crippen molar-refractivity contribution in [1.82, 2.24) is 9.13 Å². The van der Waals surface area contributed by atoms with E-state index in [1.807, 2.05) is 0 Å². The standard InChI is InChI=1S/C52H35N3/c1-3-15-40(16-4-1)53(41-17-5-2-6-18-41)42-27-29-43(30-28-42)54-49-21-11-9-19-45(49)47-31-24-39(35-52(47)54)38-25-32-51-48(34-38)46-20-10-12-22-50(46)55(51)44-26-23-36-13-7-8-14-37(36)33-44/h1-35H.